The Kier molecular flexibility index (Phi) is 7.37. The van der Waals surface area contributed by atoms with Gasteiger partial charge < -0.3 is 14.4 Å². The Bertz CT molecular complexity index is 1750. The molecule has 1 amide bonds. The van der Waals surface area contributed by atoms with E-state index in [1.54, 1.807) is 21.6 Å². The molecule has 1 saturated carbocycles. The van der Waals surface area contributed by atoms with Crippen molar-refractivity contribution in [2.24, 2.45) is 0 Å². The minimum absolute atomic E-state index is 0.156. The number of methoxy groups -OCH3 is 1. The number of likely N-dealkylation sites (tertiary alicyclic amines) is 1. The van der Waals surface area contributed by atoms with Gasteiger partial charge in [-0.15, -0.1) is 0 Å². The summed E-state index contributed by atoms with van der Waals surface area (Å²) in [6.07, 6.45) is 2.99. The number of nitrogens with zero attached hydrogens (tertiary/aromatic N) is 3. The number of fused-ring (bicyclic) bond motifs is 1. The highest BCUT2D eigenvalue weighted by atomic mass is 35.5. The molecule has 3 aromatic carbocycles. The Morgan fingerprint density at radius 1 is 0.930 bits per heavy atom. The van der Waals surface area contributed by atoms with Crippen molar-refractivity contribution in [1.82, 2.24) is 14.0 Å². The summed E-state index contributed by atoms with van der Waals surface area (Å²) in [5.74, 6) is -0.0909. The molecule has 2 aliphatic rings. The largest absolute Gasteiger partial charge is 0.465 e. The molecule has 9 heteroatoms. The van der Waals surface area contributed by atoms with Crippen LogP contribution in [-0.4, -0.2) is 51.9 Å². The van der Waals surface area contributed by atoms with Crippen molar-refractivity contribution in [1.29, 1.82) is 0 Å². The summed E-state index contributed by atoms with van der Waals surface area (Å²) in [5.41, 5.74) is 3.59. The first-order valence-corrected chi connectivity index (χ1v) is 15.1. The van der Waals surface area contributed by atoms with E-state index in [-0.39, 0.29) is 11.8 Å². The first-order chi connectivity index (χ1) is 20.5. The van der Waals surface area contributed by atoms with E-state index in [1.165, 1.54) is 12.7 Å². The van der Waals surface area contributed by atoms with E-state index in [2.05, 4.69) is 12.1 Å². The van der Waals surface area contributed by atoms with Gasteiger partial charge in [-0.25, -0.2) is 14.4 Å². The fourth-order valence-electron chi connectivity index (χ4n) is 6.26. The second-order valence-corrected chi connectivity index (χ2v) is 13.0. The van der Waals surface area contributed by atoms with Gasteiger partial charge in [0.25, 0.3) is 0 Å². The normalized spacial score (nSPS) is 16.7. The van der Waals surface area contributed by atoms with E-state index in [0.29, 0.717) is 29.6 Å². The van der Waals surface area contributed by atoms with Gasteiger partial charge in [-0.05, 0) is 106 Å². The third-order valence-corrected chi connectivity index (χ3v) is 8.78. The Morgan fingerprint density at radius 3 is 2.26 bits per heavy atom. The number of esters is 1. The van der Waals surface area contributed by atoms with Gasteiger partial charge in [0, 0.05) is 18.1 Å². The molecular weight excluding hydrogens is 566 g/mol. The number of halogens is 1. The highest BCUT2D eigenvalue weighted by Crippen LogP contribution is 2.50. The number of hydrogen-bond acceptors (Lipinski definition) is 5. The molecule has 4 aromatic rings. The summed E-state index contributed by atoms with van der Waals surface area (Å²) in [6, 6.07) is 21.0. The lowest BCUT2D eigenvalue weighted by molar-refractivity contribution is 0.0204. The number of hydrogen-bond donors (Lipinski definition) is 0. The molecule has 0 N–H and O–H groups in total. The van der Waals surface area contributed by atoms with Crippen molar-refractivity contribution in [3.63, 3.8) is 0 Å². The monoisotopic (exact) mass is 601 g/mol. The second-order valence-electron chi connectivity index (χ2n) is 12.5. The van der Waals surface area contributed by atoms with Crippen molar-refractivity contribution in [2.75, 3.05) is 20.2 Å². The third-order valence-electron chi connectivity index (χ3n) is 8.54. The fraction of sp³-hybridized carbons (Fsp3) is 0.382. The fourth-order valence-corrected chi connectivity index (χ4v) is 6.43. The summed E-state index contributed by atoms with van der Waals surface area (Å²) in [4.78, 5) is 40.8. The first-order valence-electron chi connectivity index (χ1n) is 14.7. The molecule has 8 nitrogen and oxygen atoms in total. The summed E-state index contributed by atoms with van der Waals surface area (Å²) in [6.45, 7) is 6.92. The molecule has 0 bridgehead atoms. The average Bonchev–Trinajstić information content (AvgIpc) is 3.74. The number of aromatic nitrogens is 2. The van der Waals surface area contributed by atoms with Crippen molar-refractivity contribution < 1.29 is 19.1 Å². The lowest BCUT2D eigenvalue weighted by atomic mass is 9.89. The smallest absolute Gasteiger partial charge is 0.410 e. The second kappa shape index (κ2) is 10.9. The SMILES string of the molecule is COC(=O)c1cccc(C2(n3c(=O)n(-c4ccc(C5CCN(C(=O)OC(C)(C)C)CC5)cc4)c4cc(Cl)ccc43)CC2)c1. The van der Waals surface area contributed by atoms with Gasteiger partial charge in [-0.3, -0.25) is 9.13 Å². The van der Waals surface area contributed by atoms with Crippen LogP contribution in [0, 0.1) is 0 Å². The molecule has 1 aliphatic heterocycles. The number of carbonyl (C=O) groups excluding carboxylic acids is 2. The van der Waals surface area contributed by atoms with Gasteiger partial charge in [0.2, 0.25) is 0 Å². The number of piperidine rings is 1. The van der Waals surface area contributed by atoms with Gasteiger partial charge in [0.15, 0.2) is 0 Å². The van der Waals surface area contributed by atoms with Gasteiger partial charge in [0.1, 0.15) is 5.60 Å². The molecule has 0 spiro atoms. The van der Waals surface area contributed by atoms with Crippen molar-refractivity contribution >= 4 is 34.7 Å². The summed E-state index contributed by atoms with van der Waals surface area (Å²) in [7, 11) is 1.36. The number of benzene rings is 3. The molecular formula is C34H36ClN3O5. The van der Waals surface area contributed by atoms with Gasteiger partial charge >= 0.3 is 17.8 Å². The standard InChI is InChI=1S/C34H36ClN3O5/c1-33(2,3)43-32(41)36-18-14-23(15-19-36)22-8-11-27(12-9-22)37-29-21-26(35)10-13-28(29)38(31(37)40)34(16-17-34)25-7-5-6-24(20-25)30(39)42-4/h5-13,20-21,23H,14-19H2,1-4H3. The zero-order chi connectivity index (χ0) is 30.5. The molecule has 2 fully saturated rings. The van der Waals surface area contributed by atoms with E-state index in [1.807, 2.05) is 67.8 Å². The summed E-state index contributed by atoms with van der Waals surface area (Å²) < 4.78 is 14.1. The van der Waals surface area contributed by atoms with Gasteiger partial charge in [-0.2, -0.15) is 0 Å². The molecule has 1 aromatic heterocycles. The highest BCUT2D eigenvalue weighted by molar-refractivity contribution is 6.31. The van der Waals surface area contributed by atoms with Crippen LogP contribution >= 0.6 is 11.6 Å². The van der Waals surface area contributed by atoms with Crippen LogP contribution in [0.5, 0.6) is 0 Å². The van der Waals surface area contributed by atoms with E-state index in [4.69, 9.17) is 21.1 Å². The molecule has 43 heavy (non-hydrogen) atoms. The topological polar surface area (TPSA) is 82.8 Å². The molecule has 1 saturated heterocycles. The van der Waals surface area contributed by atoms with Crippen LogP contribution in [0.3, 0.4) is 0 Å². The molecule has 6 rings (SSSR count). The van der Waals surface area contributed by atoms with E-state index in [0.717, 1.165) is 48.0 Å². The maximum atomic E-state index is 14.3. The van der Waals surface area contributed by atoms with Crippen LogP contribution in [0.4, 0.5) is 4.79 Å². The summed E-state index contributed by atoms with van der Waals surface area (Å²) >= 11 is 6.44. The molecule has 224 valence electrons. The number of carbonyl (C=O) groups is 2. The molecule has 0 radical (unpaired) electrons. The molecule has 2 heterocycles. The van der Waals surface area contributed by atoms with Gasteiger partial charge in [-0.1, -0.05) is 35.9 Å². The Hall–Kier alpha value is -4.04. The Morgan fingerprint density at radius 2 is 1.63 bits per heavy atom. The maximum Gasteiger partial charge on any atom is 0.410 e. The van der Waals surface area contributed by atoms with Crippen LogP contribution < -0.4 is 5.69 Å². The molecule has 0 atom stereocenters. The van der Waals surface area contributed by atoms with Crippen molar-refractivity contribution in [3.8, 4) is 5.69 Å². The number of rotatable bonds is 5. The number of amides is 1. The quantitative estimate of drug-likeness (QED) is 0.233. The minimum Gasteiger partial charge on any atom is -0.465 e. The van der Waals surface area contributed by atoms with Crippen LogP contribution in [0.15, 0.2) is 71.5 Å². The number of ether oxygens (including phenoxy) is 2. The van der Waals surface area contributed by atoms with Crippen LogP contribution in [0.2, 0.25) is 5.02 Å². The molecule has 0 unspecified atom stereocenters. The van der Waals surface area contributed by atoms with E-state index < -0.39 is 17.1 Å². The van der Waals surface area contributed by atoms with Gasteiger partial charge in [0.05, 0.1) is 34.9 Å². The van der Waals surface area contributed by atoms with Crippen LogP contribution in [-0.2, 0) is 15.0 Å². The lowest BCUT2D eigenvalue weighted by Gasteiger charge is -2.33. The maximum absolute atomic E-state index is 14.3. The predicted octanol–water partition coefficient (Wildman–Crippen LogP) is 6.88. The van der Waals surface area contributed by atoms with Crippen LogP contribution in [0.1, 0.15) is 73.9 Å². The van der Waals surface area contributed by atoms with Crippen molar-refractivity contribution in [3.05, 3.63) is 98.9 Å². The van der Waals surface area contributed by atoms with Crippen molar-refractivity contribution in [2.45, 2.75) is 63.5 Å². The Balaban J connectivity index is 1.31. The molecule has 1 aliphatic carbocycles. The average molecular weight is 602 g/mol. The van der Waals surface area contributed by atoms with E-state index in [9.17, 15) is 14.4 Å². The van der Waals surface area contributed by atoms with Crippen LogP contribution in [0.25, 0.3) is 16.7 Å². The highest BCUT2D eigenvalue weighted by Gasteiger charge is 2.49. The third kappa shape index (κ3) is 5.44. The predicted molar refractivity (Wildman–Crippen MR) is 166 cm³/mol. The first kappa shape index (κ1) is 29.1. The minimum atomic E-state index is -0.555. The lowest BCUT2D eigenvalue weighted by Crippen LogP contribution is -2.41. The van der Waals surface area contributed by atoms with E-state index >= 15 is 0 Å². The number of imidazole rings is 1. The Labute approximate surface area is 255 Å². The summed E-state index contributed by atoms with van der Waals surface area (Å²) in [5, 5.41) is 0.546. The zero-order valence-corrected chi connectivity index (χ0v) is 25.7. The zero-order valence-electron chi connectivity index (χ0n) is 24.9.